The Labute approximate surface area is 141 Å². The number of amides is 1. The van der Waals surface area contributed by atoms with Crippen LogP contribution in [0, 0.1) is 0 Å². The fourth-order valence-electron chi connectivity index (χ4n) is 2.32. The maximum atomic E-state index is 11.8. The summed E-state index contributed by atoms with van der Waals surface area (Å²) in [6.45, 7) is 1.84. The van der Waals surface area contributed by atoms with Crippen LogP contribution in [0.2, 0.25) is 0 Å². The first-order valence-corrected chi connectivity index (χ1v) is 7.69. The molecule has 24 heavy (non-hydrogen) atoms. The highest BCUT2D eigenvalue weighted by atomic mass is 16.5. The van der Waals surface area contributed by atoms with Crippen LogP contribution in [-0.2, 0) is 27.4 Å². The van der Waals surface area contributed by atoms with Gasteiger partial charge in [0, 0.05) is 13.3 Å². The van der Waals surface area contributed by atoms with Crippen LogP contribution in [0.1, 0.15) is 18.1 Å². The summed E-state index contributed by atoms with van der Waals surface area (Å²) in [6.07, 6.45) is 0.342. The van der Waals surface area contributed by atoms with Crippen molar-refractivity contribution in [2.24, 2.45) is 0 Å². The number of rotatable bonds is 7. The number of ether oxygens (including phenoxy) is 2. The smallest absolute Gasteiger partial charge is 0.328 e. The van der Waals surface area contributed by atoms with Crippen molar-refractivity contribution in [3.05, 3.63) is 65.7 Å². The molecule has 0 heterocycles. The molecule has 2 rings (SSSR count). The second-order valence-corrected chi connectivity index (χ2v) is 5.40. The van der Waals surface area contributed by atoms with Crippen molar-refractivity contribution in [3.63, 3.8) is 0 Å². The van der Waals surface area contributed by atoms with Crippen molar-refractivity contribution in [1.29, 1.82) is 0 Å². The van der Waals surface area contributed by atoms with Crippen LogP contribution in [0.25, 0.3) is 0 Å². The Balaban J connectivity index is 2.02. The van der Waals surface area contributed by atoms with E-state index in [2.05, 4.69) is 5.32 Å². The molecule has 2 aromatic rings. The summed E-state index contributed by atoms with van der Waals surface area (Å²) in [5.41, 5.74) is 1.96. The predicted octanol–water partition coefficient (Wildman–Crippen LogP) is 2.49. The van der Waals surface area contributed by atoms with Gasteiger partial charge in [-0.15, -0.1) is 0 Å². The van der Waals surface area contributed by atoms with Gasteiger partial charge in [-0.3, -0.25) is 4.79 Å². The summed E-state index contributed by atoms with van der Waals surface area (Å²) in [7, 11) is 1.30. The zero-order valence-corrected chi connectivity index (χ0v) is 13.8. The Morgan fingerprint density at radius 1 is 1.04 bits per heavy atom. The molecule has 0 fully saturated rings. The first-order valence-electron chi connectivity index (χ1n) is 7.69. The third kappa shape index (κ3) is 5.43. The fourth-order valence-corrected chi connectivity index (χ4v) is 2.32. The number of methoxy groups -OCH3 is 1. The lowest BCUT2D eigenvalue weighted by atomic mass is 10.1. The molecule has 0 spiro atoms. The molecule has 1 amide bonds. The van der Waals surface area contributed by atoms with Gasteiger partial charge in [0.2, 0.25) is 5.91 Å². The van der Waals surface area contributed by atoms with E-state index in [1.807, 2.05) is 54.6 Å². The largest absolute Gasteiger partial charge is 0.489 e. The van der Waals surface area contributed by atoms with Crippen molar-refractivity contribution in [3.8, 4) is 5.75 Å². The third-order valence-corrected chi connectivity index (χ3v) is 3.45. The molecule has 0 bridgehead atoms. The quantitative estimate of drug-likeness (QED) is 0.794. The lowest BCUT2D eigenvalue weighted by Crippen LogP contribution is -2.41. The van der Waals surface area contributed by atoms with E-state index in [-0.39, 0.29) is 5.91 Å². The third-order valence-electron chi connectivity index (χ3n) is 3.45. The van der Waals surface area contributed by atoms with Gasteiger partial charge >= 0.3 is 5.97 Å². The van der Waals surface area contributed by atoms with E-state index in [1.165, 1.54) is 14.0 Å². The molecule has 5 nitrogen and oxygen atoms in total. The molecule has 0 aliphatic heterocycles. The highest BCUT2D eigenvalue weighted by Crippen LogP contribution is 2.17. The molecular weight excluding hydrogens is 306 g/mol. The molecule has 0 unspecified atom stereocenters. The zero-order chi connectivity index (χ0) is 17.4. The monoisotopic (exact) mass is 327 g/mol. The summed E-state index contributed by atoms with van der Waals surface area (Å²) in [5.74, 6) is -0.0366. The van der Waals surface area contributed by atoms with E-state index < -0.39 is 12.0 Å². The Bertz CT molecular complexity index is 685. The van der Waals surface area contributed by atoms with Crippen LogP contribution in [0.4, 0.5) is 0 Å². The van der Waals surface area contributed by atoms with Gasteiger partial charge in [-0.05, 0) is 23.3 Å². The Hall–Kier alpha value is -2.82. The first kappa shape index (κ1) is 17.5. The van der Waals surface area contributed by atoms with Crippen molar-refractivity contribution >= 4 is 11.9 Å². The van der Waals surface area contributed by atoms with Crippen molar-refractivity contribution in [1.82, 2.24) is 5.32 Å². The minimum Gasteiger partial charge on any atom is -0.489 e. The number of carbonyl (C=O) groups excluding carboxylic acids is 2. The molecule has 5 heteroatoms. The lowest BCUT2D eigenvalue weighted by Gasteiger charge is -2.16. The van der Waals surface area contributed by atoms with Crippen molar-refractivity contribution < 1.29 is 19.1 Å². The number of hydrogen-bond donors (Lipinski definition) is 1. The number of hydrogen-bond acceptors (Lipinski definition) is 4. The standard InChI is InChI=1S/C19H21NO4/c1-14(21)20-18(19(22)23-2)12-16-9-6-10-17(11-16)24-13-15-7-4-3-5-8-15/h3-11,18H,12-13H2,1-2H3,(H,20,21)/t18-/m1/s1. The van der Waals surface area contributed by atoms with Gasteiger partial charge < -0.3 is 14.8 Å². The molecule has 0 saturated heterocycles. The number of esters is 1. The molecule has 0 saturated carbocycles. The summed E-state index contributed by atoms with van der Waals surface area (Å²) >= 11 is 0. The van der Waals surface area contributed by atoms with E-state index in [0.717, 1.165) is 11.1 Å². The summed E-state index contributed by atoms with van der Waals surface area (Å²) < 4.78 is 10.5. The highest BCUT2D eigenvalue weighted by Gasteiger charge is 2.20. The van der Waals surface area contributed by atoms with Crippen molar-refractivity contribution in [2.75, 3.05) is 7.11 Å². The molecule has 126 valence electrons. The predicted molar refractivity (Wildman–Crippen MR) is 90.5 cm³/mol. The normalized spacial score (nSPS) is 11.4. The average Bonchev–Trinajstić information content (AvgIpc) is 2.59. The van der Waals surface area contributed by atoms with Gasteiger partial charge in [0.15, 0.2) is 0 Å². The van der Waals surface area contributed by atoms with E-state index in [9.17, 15) is 9.59 Å². The minimum absolute atomic E-state index is 0.276. The summed E-state index contributed by atoms with van der Waals surface area (Å²) in [5, 5.41) is 2.60. The van der Waals surface area contributed by atoms with Crippen LogP contribution in [0.5, 0.6) is 5.75 Å². The average molecular weight is 327 g/mol. The molecule has 0 aliphatic carbocycles. The van der Waals surface area contributed by atoms with Gasteiger partial charge in [0.1, 0.15) is 18.4 Å². The van der Waals surface area contributed by atoms with Crippen LogP contribution >= 0.6 is 0 Å². The maximum Gasteiger partial charge on any atom is 0.328 e. The van der Waals surface area contributed by atoms with E-state index in [0.29, 0.717) is 18.8 Å². The van der Waals surface area contributed by atoms with Gasteiger partial charge in [-0.1, -0.05) is 42.5 Å². The highest BCUT2D eigenvalue weighted by molar-refractivity contribution is 5.83. The first-order chi connectivity index (χ1) is 11.6. The Morgan fingerprint density at radius 2 is 1.75 bits per heavy atom. The second kappa shape index (κ2) is 8.72. The molecular formula is C19H21NO4. The minimum atomic E-state index is -0.711. The Morgan fingerprint density at radius 3 is 2.42 bits per heavy atom. The lowest BCUT2D eigenvalue weighted by molar-refractivity contribution is -0.144. The second-order valence-electron chi connectivity index (χ2n) is 5.40. The fraction of sp³-hybridized carbons (Fsp3) is 0.263. The summed E-state index contributed by atoms with van der Waals surface area (Å²) in [4.78, 5) is 23.0. The van der Waals surface area contributed by atoms with Gasteiger partial charge in [0.05, 0.1) is 7.11 Å². The topological polar surface area (TPSA) is 64.6 Å². The van der Waals surface area contributed by atoms with E-state index >= 15 is 0 Å². The molecule has 1 N–H and O–H groups in total. The SMILES string of the molecule is COC(=O)[C@@H](Cc1cccc(OCc2ccccc2)c1)NC(C)=O. The van der Waals surface area contributed by atoms with E-state index in [1.54, 1.807) is 0 Å². The van der Waals surface area contributed by atoms with Gasteiger partial charge in [-0.2, -0.15) is 0 Å². The van der Waals surface area contributed by atoms with Gasteiger partial charge in [0.25, 0.3) is 0 Å². The zero-order valence-electron chi connectivity index (χ0n) is 13.8. The number of benzene rings is 2. The molecule has 0 radical (unpaired) electrons. The number of carbonyl (C=O) groups is 2. The van der Waals surface area contributed by atoms with Crippen LogP contribution < -0.4 is 10.1 Å². The Kier molecular flexibility index (Phi) is 6.37. The van der Waals surface area contributed by atoms with E-state index in [4.69, 9.17) is 9.47 Å². The van der Waals surface area contributed by atoms with Crippen LogP contribution in [-0.4, -0.2) is 25.0 Å². The van der Waals surface area contributed by atoms with Gasteiger partial charge in [-0.25, -0.2) is 4.79 Å². The van der Waals surface area contributed by atoms with Crippen LogP contribution in [0.15, 0.2) is 54.6 Å². The number of nitrogens with one attached hydrogen (secondary N) is 1. The van der Waals surface area contributed by atoms with Crippen LogP contribution in [0.3, 0.4) is 0 Å². The van der Waals surface area contributed by atoms with Crippen molar-refractivity contribution in [2.45, 2.75) is 26.0 Å². The summed E-state index contributed by atoms with van der Waals surface area (Å²) in [6, 6.07) is 16.6. The molecule has 0 aliphatic rings. The maximum absolute atomic E-state index is 11.8. The molecule has 1 atom stereocenters. The molecule has 0 aromatic heterocycles. The molecule has 2 aromatic carbocycles.